The van der Waals surface area contributed by atoms with Crippen molar-refractivity contribution in [3.63, 3.8) is 0 Å². The van der Waals surface area contributed by atoms with Gasteiger partial charge in [-0.05, 0) is 37.5 Å². The highest BCUT2D eigenvalue weighted by molar-refractivity contribution is 5.96. The third-order valence-electron chi connectivity index (χ3n) is 3.63. The molecule has 2 N–H and O–H groups in total. The molecule has 1 amide bonds. The van der Waals surface area contributed by atoms with E-state index in [4.69, 9.17) is 9.84 Å². The summed E-state index contributed by atoms with van der Waals surface area (Å²) in [4.78, 5) is 22.9. The highest BCUT2D eigenvalue weighted by Crippen LogP contribution is 2.18. The van der Waals surface area contributed by atoms with E-state index in [9.17, 15) is 14.0 Å². The molecule has 114 valence electrons. The lowest BCUT2D eigenvalue weighted by molar-refractivity contribution is 0.0662. The van der Waals surface area contributed by atoms with Crippen LogP contribution in [0.5, 0.6) is 0 Å². The van der Waals surface area contributed by atoms with Gasteiger partial charge in [0.15, 0.2) is 0 Å². The van der Waals surface area contributed by atoms with Crippen LogP contribution in [0, 0.1) is 5.82 Å². The van der Waals surface area contributed by atoms with E-state index in [1.807, 2.05) is 6.92 Å². The first-order valence-corrected chi connectivity index (χ1v) is 6.98. The van der Waals surface area contributed by atoms with Gasteiger partial charge in [0.25, 0.3) is 5.91 Å². The van der Waals surface area contributed by atoms with Gasteiger partial charge >= 0.3 is 5.97 Å². The Labute approximate surface area is 122 Å². The molecule has 6 heteroatoms. The molecule has 1 aromatic rings. The number of nitrogens with one attached hydrogen (secondary N) is 1. The predicted octanol–water partition coefficient (Wildman–Crippen LogP) is 2.21. The number of hydrogen-bond acceptors (Lipinski definition) is 3. The zero-order valence-electron chi connectivity index (χ0n) is 11.8. The molecule has 2 unspecified atom stereocenters. The molecular formula is C15H18FNO4. The number of amides is 1. The van der Waals surface area contributed by atoms with Crippen LogP contribution >= 0.6 is 0 Å². The summed E-state index contributed by atoms with van der Waals surface area (Å²) in [5.74, 6) is -2.62. The normalized spacial score (nSPS) is 19.2. The van der Waals surface area contributed by atoms with Crippen molar-refractivity contribution in [3.8, 4) is 0 Å². The Morgan fingerprint density at radius 3 is 2.81 bits per heavy atom. The molecule has 0 bridgehead atoms. The van der Waals surface area contributed by atoms with E-state index < -0.39 is 17.7 Å². The number of rotatable bonds is 5. The maximum absolute atomic E-state index is 13.8. The summed E-state index contributed by atoms with van der Waals surface area (Å²) >= 11 is 0. The molecule has 1 heterocycles. The maximum Gasteiger partial charge on any atom is 0.335 e. The molecule has 1 fully saturated rings. The quantitative estimate of drug-likeness (QED) is 0.873. The lowest BCUT2D eigenvalue weighted by atomic mass is 10.0. The van der Waals surface area contributed by atoms with Gasteiger partial charge in [0.2, 0.25) is 0 Å². The zero-order valence-corrected chi connectivity index (χ0v) is 11.8. The average Bonchev–Trinajstić information content (AvgIpc) is 2.98. The van der Waals surface area contributed by atoms with Gasteiger partial charge in [-0.2, -0.15) is 0 Å². The second-order valence-corrected chi connectivity index (χ2v) is 5.04. The number of carbonyl (C=O) groups excluding carboxylic acids is 1. The number of carboxylic acids is 1. The fraction of sp³-hybridized carbons (Fsp3) is 0.467. The Morgan fingerprint density at radius 1 is 1.52 bits per heavy atom. The molecule has 2 atom stereocenters. The molecule has 5 nitrogen and oxygen atoms in total. The van der Waals surface area contributed by atoms with Crippen LogP contribution in [0.2, 0.25) is 0 Å². The van der Waals surface area contributed by atoms with Crippen LogP contribution in [0.15, 0.2) is 18.2 Å². The van der Waals surface area contributed by atoms with Crippen molar-refractivity contribution in [2.75, 3.05) is 6.61 Å². The summed E-state index contributed by atoms with van der Waals surface area (Å²) in [5.41, 5.74) is -0.341. The number of aromatic carboxylic acids is 1. The van der Waals surface area contributed by atoms with Gasteiger partial charge < -0.3 is 15.2 Å². The minimum atomic E-state index is -1.23. The number of carboxylic acid groups (broad SMARTS) is 1. The largest absolute Gasteiger partial charge is 0.478 e. The predicted molar refractivity (Wildman–Crippen MR) is 73.9 cm³/mol. The van der Waals surface area contributed by atoms with Gasteiger partial charge in [-0.3, -0.25) is 4.79 Å². The Morgan fingerprint density at radius 2 is 2.29 bits per heavy atom. The van der Waals surface area contributed by atoms with Gasteiger partial charge in [0.05, 0.1) is 23.3 Å². The zero-order chi connectivity index (χ0) is 15.4. The number of halogens is 1. The van der Waals surface area contributed by atoms with E-state index in [1.165, 1.54) is 12.1 Å². The molecule has 0 radical (unpaired) electrons. The Kier molecular flexibility index (Phi) is 4.90. The van der Waals surface area contributed by atoms with Crippen LogP contribution in [-0.2, 0) is 4.74 Å². The average molecular weight is 295 g/mol. The van der Waals surface area contributed by atoms with Gasteiger partial charge in [-0.1, -0.05) is 6.92 Å². The first-order valence-electron chi connectivity index (χ1n) is 6.98. The van der Waals surface area contributed by atoms with Crippen LogP contribution in [0.1, 0.15) is 46.9 Å². The minimum absolute atomic E-state index is 0.0414. The summed E-state index contributed by atoms with van der Waals surface area (Å²) in [6.07, 6.45) is 2.48. The minimum Gasteiger partial charge on any atom is -0.478 e. The highest BCUT2D eigenvalue weighted by Gasteiger charge is 2.27. The molecule has 21 heavy (non-hydrogen) atoms. The van der Waals surface area contributed by atoms with Gasteiger partial charge in [0.1, 0.15) is 5.82 Å². The second kappa shape index (κ2) is 6.67. The summed E-state index contributed by atoms with van der Waals surface area (Å²) < 4.78 is 19.4. The van der Waals surface area contributed by atoms with Crippen LogP contribution < -0.4 is 5.32 Å². The Balaban J connectivity index is 2.10. The summed E-state index contributed by atoms with van der Waals surface area (Å²) in [7, 11) is 0. The summed E-state index contributed by atoms with van der Waals surface area (Å²) in [6, 6.07) is 3.09. The third-order valence-corrected chi connectivity index (χ3v) is 3.63. The van der Waals surface area contributed by atoms with Crippen molar-refractivity contribution in [2.45, 2.75) is 38.3 Å². The van der Waals surface area contributed by atoms with E-state index in [0.717, 1.165) is 18.9 Å². The molecule has 0 spiro atoms. The maximum atomic E-state index is 13.8. The standard InChI is InChI=1S/C15H18FNO4/c1-2-12(13-4-3-7-21-13)17-14(18)10-6-5-9(15(19)20)8-11(10)16/h5-6,8,12-13H,2-4,7H2,1H3,(H,17,18)(H,19,20). The summed E-state index contributed by atoms with van der Waals surface area (Å²) in [5, 5.41) is 11.5. The van der Waals surface area contributed by atoms with Crippen molar-refractivity contribution < 1.29 is 23.8 Å². The van der Waals surface area contributed by atoms with E-state index >= 15 is 0 Å². The Bertz CT molecular complexity index is 540. The molecule has 0 saturated carbocycles. The molecule has 1 aliphatic rings. The first-order chi connectivity index (χ1) is 10.0. The van der Waals surface area contributed by atoms with Crippen LogP contribution in [0.25, 0.3) is 0 Å². The molecular weight excluding hydrogens is 277 g/mol. The number of benzene rings is 1. The monoisotopic (exact) mass is 295 g/mol. The van der Waals surface area contributed by atoms with Crippen LogP contribution in [0.4, 0.5) is 4.39 Å². The van der Waals surface area contributed by atoms with Gasteiger partial charge in [0, 0.05) is 6.61 Å². The SMILES string of the molecule is CCC(NC(=O)c1ccc(C(=O)O)cc1F)C1CCCO1. The van der Waals surface area contributed by atoms with E-state index in [2.05, 4.69) is 5.32 Å². The molecule has 1 aliphatic heterocycles. The van der Waals surface area contributed by atoms with Crippen molar-refractivity contribution in [2.24, 2.45) is 0 Å². The summed E-state index contributed by atoms with van der Waals surface area (Å²) in [6.45, 7) is 2.61. The van der Waals surface area contributed by atoms with Gasteiger partial charge in [-0.15, -0.1) is 0 Å². The fourth-order valence-corrected chi connectivity index (χ4v) is 2.46. The Hall–Kier alpha value is -1.95. The van der Waals surface area contributed by atoms with Crippen molar-refractivity contribution in [3.05, 3.63) is 35.1 Å². The molecule has 0 aromatic heterocycles. The topological polar surface area (TPSA) is 75.6 Å². The van der Waals surface area contributed by atoms with Crippen LogP contribution in [0.3, 0.4) is 0 Å². The van der Waals surface area contributed by atoms with E-state index in [0.29, 0.717) is 13.0 Å². The molecule has 1 aromatic carbocycles. The first kappa shape index (κ1) is 15.4. The highest BCUT2D eigenvalue weighted by atomic mass is 19.1. The number of carbonyl (C=O) groups is 2. The second-order valence-electron chi connectivity index (χ2n) is 5.04. The third kappa shape index (κ3) is 3.58. The number of hydrogen-bond donors (Lipinski definition) is 2. The molecule has 1 saturated heterocycles. The lowest BCUT2D eigenvalue weighted by Crippen LogP contribution is -2.42. The molecule has 2 rings (SSSR count). The van der Waals surface area contributed by atoms with Crippen molar-refractivity contribution >= 4 is 11.9 Å². The van der Waals surface area contributed by atoms with Crippen molar-refractivity contribution in [1.29, 1.82) is 0 Å². The smallest absolute Gasteiger partial charge is 0.335 e. The number of ether oxygens (including phenoxy) is 1. The van der Waals surface area contributed by atoms with Crippen molar-refractivity contribution in [1.82, 2.24) is 5.32 Å². The fourth-order valence-electron chi connectivity index (χ4n) is 2.46. The van der Waals surface area contributed by atoms with Crippen LogP contribution in [-0.4, -0.2) is 35.7 Å². The molecule has 0 aliphatic carbocycles. The van der Waals surface area contributed by atoms with E-state index in [-0.39, 0.29) is 23.3 Å². The van der Waals surface area contributed by atoms with E-state index in [1.54, 1.807) is 0 Å². The lowest BCUT2D eigenvalue weighted by Gasteiger charge is -2.23. The van der Waals surface area contributed by atoms with Gasteiger partial charge in [-0.25, -0.2) is 9.18 Å².